The molecule has 0 radical (unpaired) electrons. The van der Waals surface area contributed by atoms with Crippen molar-refractivity contribution in [3.8, 4) is 11.1 Å². The van der Waals surface area contributed by atoms with Gasteiger partial charge >= 0.3 is 0 Å². The summed E-state index contributed by atoms with van der Waals surface area (Å²) < 4.78 is 7.96. The molecule has 0 aliphatic rings. The van der Waals surface area contributed by atoms with Crippen LogP contribution >= 0.6 is 0 Å². The first-order valence-electron chi connectivity index (χ1n) is 9.46. The van der Waals surface area contributed by atoms with Crippen molar-refractivity contribution in [3.63, 3.8) is 0 Å². The van der Waals surface area contributed by atoms with Crippen LogP contribution in [0.3, 0.4) is 0 Å². The first-order chi connectivity index (χ1) is 14.2. The van der Waals surface area contributed by atoms with E-state index in [1.54, 1.807) is 24.0 Å². The van der Waals surface area contributed by atoms with Crippen LogP contribution in [0.1, 0.15) is 5.56 Å². The van der Waals surface area contributed by atoms with Crippen LogP contribution in [0.15, 0.2) is 88.3 Å². The number of para-hydroxylation sites is 1. The molecule has 0 spiro atoms. The predicted octanol–water partition coefficient (Wildman–Crippen LogP) is 4.96. The van der Waals surface area contributed by atoms with E-state index in [-0.39, 0.29) is 5.56 Å². The largest absolute Gasteiger partial charge is 0.439 e. The summed E-state index contributed by atoms with van der Waals surface area (Å²) in [7, 11) is 1.80. The van der Waals surface area contributed by atoms with E-state index in [9.17, 15) is 4.79 Å². The van der Waals surface area contributed by atoms with Crippen molar-refractivity contribution in [3.05, 3.63) is 95.0 Å². The fraction of sp³-hybridized carbons (Fsp3) is 0.0833. The molecule has 0 aliphatic heterocycles. The molecule has 3 aromatic heterocycles. The summed E-state index contributed by atoms with van der Waals surface area (Å²) in [5.41, 5.74) is 4.15. The molecule has 2 aromatic carbocycles. The van der Waals surface area contributed by atoms with Crippen LogP contribution in [0.4, 0.5) is 5.88 Å². The lowest BCUT2D eigenvalue weighted by Crippen LogP contribution is -2.17. The zero-order chi connectivity index (χ0) is 19.8. The van der Waals surface area contributed by atoms with Crippen molar-refractivity contribution in [2.45, 2.75) is 6.54 Å². The molecule has 5 heteroatoms. The summed E-state index contributed by atoms with van der Waals surface area (Å²) in [6, 6.07) is 21.7. The average molecular weight is 381 g/mol. The summed E-state index contributed by atoms with van der Waals surface area (Å²) >= 11 is 0. The molecule has 0 bridgehead atoms. The van der Waals surface area contributed by atoms with E-state index in [0.29, 0.717) is 23.4 Å². The van der Waals surface area contributed by atoms with Gasteiger partial charge in [-0.05, 0) is 35.4 Å². The molecular weight excluding hydrogens is 362 g/mol. The third kappa shape index (κ3) is 2.88. The van der Waals surface area contributed by atoms with Crippen LogP contribution < -0.4 is 10.9 Å². The second-order valence-electron chi connectivity index (χ2n) is 6.97. The first-order valence-corrected chi connectivity index (χ1v) is 9.46. The van der Waals surface area contributed by atoms with Crippen LogP contribution in [0.25, 0.3) is 33.0 Å². The second kappa shape index (κ2) is 6.95. The number of rotatable bonds is 4. The van der Waals surface area contributed by atoms with Gasteiger partial charge in [-0.3, -0.25) is 9.78 Å². The van der Waals surface area contributed by atoms with Gasteiger partial charge in [0.05, 0.1) is 16.5 Å². The zero-order valence-electron chi connectivity index (χ0n) is 15.9. The number of hydrogen-bond donors (Lipinski definition) is 1. The van der Waals surface area contributed by atoms with Crippen LogP contribution in [0.5, 0.6) is 0 Å². The van der Waals surface area contributed by atoms with Gasteiger partial charge in [0, 0.05) is 31.4 Å². The van der Waals surface area contributed by atoms with Gasteiger partial charge in [0.1, 0.15) is 0 Å². The van der Waals surface area contributed by atoms with Crippen molar-refractivity contribution in [2.75, 3.05) is 5.32 Å². The Morgan fingerprint density at radius 1 is 0.966 bits per heavy atom. The Morgan fingerprint density at radius 2 is 1.69 bits per heavy atom. The maximum Gasteiger partial charge on any atom is 0.262 e. The number of benzene rings is 2. The standard InChI is InChI=1S/C24H19N3O2/c1-27-19-10-6-5-9-18(19)22-21(24(27)28)20(17-11-13-25-14-12-17)23(29-22)26-15-16-7-3-2-4-8-16/h2-14,26H,15H2,1H3. The van der Waals surface area contributed by atoms with E-state index >= 15 is 0 Å². The Morgan fingerprint density at radius 3 is 2.48 bits per heavy atom. The highest BCUT2D eigenvalue weighted by molar-refractivity contribution is 6.10. The van der Waals surface area contributed by atoms with E-state index in [1.165, 1.54) is 0 Å². The SMILES string of the molecule is Cn1c(=O)c2c(-c3ccncc3)c(NCc3ccccc3)oc2c2ccccc21. The van der Waals surface area contributed by atoms with Crippen LogP contribution in [-0.4, -0.2) is 9.55 Å². The van der Waals surface area contributed by atoms with Crippen molar-refractivity contribution in [1.29, 1.82) is 0 Å². The normalized spacial score (nSPS) is 11.2. The number of hydrogen-bond acceptors (Lipinski definition) is 4. The number of pyridine rings is 2. The van der Waals surface area contributed by atoms with E-state index in [1.807, 2.05) is 54.6 Å². The fourth-order valence-corrected chi connectivity index (χ4v) is 3.76. The van der Waals surface area contributed by atoms with Gasteiger partial charge in [0.15, 0.2) is 5.58 Å². The molecule has 0 unspecified atom stereocenters. The summed E-state index contributed by atoms with van der Waals surface area (Å²) in [5, 5.41) is 4.88. The van der Waals surface area contributed by atoms with E-state index in [2.05, 4.69) is 22.4 Å². The summed E-state index contributed by atoms with van der Waals surface area (Å²) in [6.45, 7) is 0.594. The number of nitrogens with one attached hydrogen (secondary N) is 1. The van der Waals surface area contributed by atoms with Gasteiger partial charge < -0.3 is 14.3 Å². The minimum atomic E-state index is -0.0815. The second-order valence-corrected chi connectivity index (χ2v) is 6.97. The van der Waals surface area contributed by atoms with Crippen molar-refractivity contribution >= 4 is 27.8 Å². The molecule has 0 atom stereocenters. The van der Waals surface area contributed by atoms with Gasteiger partial charge in [-0.15, -0.1) is 0 Å². The van der Waals surface area contributed by atoms with Gasteiger partial charge in [-0.1, -0.05) is 42.5 Å². The Balaban J connectivity index is 1.78. The molecule has 5 aromatic rings. The fourth-order valence-electron chi connectivity index (χ4n) is 3.76. The number of anilines is 1. The van der Waals surface area contributed by atoms with Gasteiger partial charge in [0.25, 0.3) is 5.56 Å². The van der Waals surface area contributed by atoms with E-state index in [4.69, 9.17) is 4.42 Å². The average Bonchev–Trinajstić information content (AvgIpc) is 3.17. The van der Waals surface area contributed by atoms with Gasteiger partial charge in [0.2, 0.25) is 5.88 Å². The smallest absolute Gasteiger partial charge is 0.262 e. The Bertz CT molecular complexity index is 1370. The molecule has 0 saturated carbocycles. The summed E-state index contributed by atoms with van der Waals surface area (Å²) in [6.07, 6.45) is 3.45. The zero-order valence-corrected chi connectivity index (χ0v) is 15.9. The maximum absolute atomic E-state index is 13.3. The third-order valence-corrected chi connectivity index (χ3v) is 5.20. The molecular formula is C24H19N3O2. The Labute approximate surface area is 167 Å². The molecule has 5 rings (SSSR count). The van der Waals surface area contributed by atoms with Crippen LogP contribution in [0, 0.1) is 0 Å². The molecule has 3 heterocycles. The Hall–Kier alpha value is -3.86. The highest BCUT2D eigenvalue weighted by atomic mass is 16.4. The number of nitrogens with zero attached hydrogens (tertiary/aromatic N) is 2. The number of furan rings is 1. The minimum absolute atomic E-state index is 0.0815. The topological polar surface area (TPSA) is 60.1 Å². The van der Waals surface area contributed by atoms with Gasteiger partial charge in [-0.2, -0.15) is 0 Å². The quantitative estimate of drug-likeness (QED) is 0.478. The van der Waals surface area contributed by atoms with Crippen molar-refractivity contribution in [2.24, 2.45) is 7.05 Å². The van der Waals surface area contributed by atoms with Crippen molar-refractivity contribution < 1.29 is 4.42 Å². The van der Waals surface area contributed by atoms with Crippen LogP contribution in [-0.2, 0) is 13.6 Å². The van der Waals surface area contributed by atoms with E-state index < -0.39 is 0 Å². The highest BCUT2D eigenvalue weighted by Crippen LogP contribution is 2.39. The molecule has 142 valence electrons. The molecule has 0 fully saturated rings. The molecule has 0 saturated heterocycles. The third-order valence-electron chi connectivity index (χ3n) is 5.20. The molecule has 29 heavy (non-hydrogen) atoms. The Kier molecular flexibility index (Phi) is 4.13. The monoisotopic (exact) mass is 381 g/mol. The highest BCUT2D eigenvalue weighted by Gasteiger charge is 2.22. The molecule has 0 aliphatic carbocycles. The minimum Gasteiger partial charge on any atom is -0.439 e. The summed E-state index contributed by atoms with van der Waals surface area (Å²) in [5.74, 6) is 0.587. The maximum atomic E-state index is 13.3. The number of aromatic nitrogens is 2. The van der Waals surface area contributed by atoms with E-state index in [0.717, 1.165) is 27.6 Å². The first kappa shape index (κ1) is 17.3. The number of aryl methyl sites for hydroxylation is 1. The van der Waals surface area contributed by atoms with Crippen molar-refractivity contribution in [1.82, 2.24) is 9.55 Å². The molecule has 0 amide bonds. The molecule has 5 nitrogen and oxygen atoms in total. The lowest BCUT2D eigenvalue weighted by atomic mass is 10.0. The predicted molar refractivity (Wildman–Crippen MR) is 116 cm³/mol. The lowest BCUT2D eigenvalue weighted by molar-refractivity contribution is 0.629. The summed E-state index contributed by atoms with van der Waals surface area (Å²) in [4.78, 5) is 17.4. The lowest BCUT2D eigenvalue weighted by Gasteiger charge is -2.07. The molecule has 1 N–H and O–H groups in total. The number of fused-ring (bicyclic) bond motifs is 3. The van der Waals surface area contributed by atoms with Gasteiger partial charge in [-0.25, -0.2) is 0 Å². The van der Waals surface area contributed by atoms with Crippen LogP contribution in [0.2, 0.25) is 0 Å².